The van der Waals surface area contributed by atoms with Crippen LogP contribution in [-0.2, 0) is 4.79 Å². The summed E-state index contributed by atoms with van der Waals surface area (Å²) in [6, 6.07) is 14.8. The molecule has 0 saturated carbocycles. The van der Waals surface area contributed by atoms with E-state index in [0.717, 1.165) is 24.9 Å². The third-order valence-electron chi connectivity index (χ3n) is 5.76. The van der Waals surface area contributed by atoms with Gasteiger partial charge in [0.2, 0.25) is 0 Å². The average Bonchev–Trinajstić information content (AvgIpc) is 3.27. The van der Waals surface area contributed by atoms with E-state index in [2.05, 4.69) is 17.0 Å². The molecule has 5 nitrogen and oxygen atoms in total. The van der Waals surface area contributed by atoms with Gasteiger partial charge in [-0.05, 0) is 36.5 Å². The highest BCUT2D eigenvalue weighted by atomic mass is 19.1. The van der Waals surface area contributed by atoms with Crippen molar-refractivity contribution in [2.45, 2.75) is 32.7 Å². The first-order chi connectivity index (χ1) is 15.4. The molecule has 2 aliphatic rings. The van der Waals surface area contributed by atoms with Crippen molar-refractivity contribution in [1.29, 1.82) is 0 Å². The Morgan fingerprint density at radius 1 is 1.22 bits per heavy atom. The Balaban J connectivity index is 1.76. The maximum atomic E-state index is 14.5. The number of carboxylic acid groups (broad SMARTS) is 1. The van der Waals surface area contributed by atoms with Crippen LogP contribution in [0, 0.1) is 11.7 Å². The van der Waals surface area contributed by atoms with Crippen molar-refractivity contribution < 1.29 is 19.0 Å². The van der Waals surface area contributed by atoms with Gasteiger partial charge in [0.15, 0.2) is 0 Å². The van der Waals surface area contributed by atoms with Crippen LogP contribution in [0.4, 0.5) is 10.1 Å². The van der Waals surface area contributed by atoms with Crippen LogP contribution in [-0.4, -0.2) is 35.7 Å². The van der Waals surface area contributed by atoms with Crippen molar-refractivity contribution >= 4 is 11.7 Å². The number of carboxylic acids is 1. The normalized spacial score (nSPS) is 18.6. The fraction of sp³-hybridized carbons (Fsp3) is 0.346. The van der Waals surface area contributed by atoms with Gasteiger partial charge in [-0.2, -0.15) is 0 Å². The summed E-state index contributed by atoms with van der Waals surface area (Å²) in [6.07, 6.45) is 5.35. The zero-order valence-electron chi connectivity index (χ0n) is 18.5. The average molecular weight is 437 g/mol. The van der Waals surface area contributed by atoms with E-state index in [9.17, 15) is 14.3 Å². The number of rotatable bonds is 7. The molecule has 1 saturated heterocycles. The monoisotopic (exact) mass is 436 g/mol. The number of hydrogen-bond donors (Lipinski definition) is 1. The van der Waals surface area contributed by atoms with Gasteiger partial charge in [0.1, 0.15) is 17.4 Å². The van der Waals surface area contributed by atoms with Crippen LogP contribution < -0.4 is 9.64 Å². The van der Waals surface area contributed by atoms with E-state index in [1.807, 2.05) is 36.9 Å². The number of halogens is 1. The number of likely N-dealkylation sites (tertiary alicyclic amines) is 1. The quantitative estimate of drug-likeness (QED) is 0.632. The van der Waals surface area contributed by atoms with Crippen LogP contribution in [0.15, 0.2) is 72.1 Å². The predicted molar refractivity (Wildman–Crippen MR) is 123 cm³/mol. The Hall–Kier alpha value is -3.28. The molecule has 2 aromatic rings. The van der Waals surface area contributed by atoms with Crippen LogP contribution in [0.3, 0.4) is 0 Å². The first-order valence-electron chi connectivity index (χ1n) is 11.1. The number of nitrogens with zero attached hydrogens (tertiary/aromatic N) is 2. The predicted octanol–water partition coefficient (Wildman–Crippen LogP) is 5.37. The van der Waals surface area contributed by atoms with Gasteiger partial charge >= 0.3 is 5.97 Å². The summed E-state index contributed by atoms with van der Waals surface area (Å²) in [6.45, 7) is 5.74. The van der Waals surface area contributed by atoms with Gasteiger partial charge in [0.25, 0.3) is 0 Å². The summed E-state index contributed by atoms with van der Waals surface area (Å²) in [5.41, 5.74) is 1.95. The Kier molecular flexibility index (Phi) is 6.49. The molecule has 1 atom stereocenters. The largest absolute Gasteiger partial charge is 0.493 e. The van der Waals surface area contributed by atoms with Crippen molar-refractivity contribution in [2.24, 2.45) is 5.92 Å². The number of benzene rings is 2. The van der Waals surface area contributed by atoms with Gasteiger partial charge in [-0.15, -0.1) is 0 Å². The second kappa shape index (κ2) is 9.47. The number of aliphatic carboxylic acids is 1. The molecule has 0 aromatic heterocycles. The van der Waals surface area contributed by atoms with E-state index < -0.39 is 11.8 Å². The lowest BCUT2D eigenvalue weighted by atomic mass is 10.0. The summed E-state index contributed by atoms with van der Waals surface area (Å²) in [7, 11) is 0. The van der Waals surface area contributed by atoms with E-state index in [0.29, 0.717) is 36.3 Å². The van der Waals surface area contributed by atoms with Gasteiger partial charge in [0.05, 0.1) is 18.2 Å². The molecule has 32 heavy (non-hydrogen) atoms. The molecule has 0 radical (unpaired) electrons. The number of ether oxygens (including phenoxy) is 1. The highest BCUT2D eigenvalue weighted by molar-refractivity contribution is 5.92. The first kappa shape index (κ1) is 21.9. The molecule has 1 fully saturated rings. The van der Waals surface area contributed by atoms with Crippen LogP contribution >= 0.6 is 0 Å². The molecule has 2 aromatic carbocycles. The molecule has 0 spiro atoms. The third kappa shape index (κ3) is 4.64. The highest BCUT2D eigenvalue weighted by Crippen LogP contribution is 2.40. The highest BCUT2D eigenvalue weighted by Gasteiger charge is 2.35. The van der Waals surface area contributed by atoms with Crippen LogP contribution in [0.25, 0.3) is 0 Å². The molecule has 1 unspecified atom stereocenters. The zero-order valence-corrected chi connectivity index (χ0v) is 18.5. The van der Waals surface area contributed by atoms with Gasteiger partial charge in [-0.1, -0.05) is 50.3 Å². The summed E-state index contributed by atoms with van der Waals surface area (Å²) >= 11 is 0. The molecule has 4 rings (SSSR count). The minimum absolute atomic E-state index is 0.0692. The Bertz CT molecular complexity index is 1030. The topological polar surface area (TPSA) is 53.0 Å². The van der Waals surface area contributed by atoms with Crippen LogP contribution in [0.1, 0.15) is 38.3 Å². The minimum Gasteiger partial charge on any atom is -0.493 e. The lowest BCUT2D eigenvalue weighted by Crippen LogP contribution is -2.39. The van der Waals surface area contributed by atoms with Crippen molar-refractivity contribution in [1.82, 2.24) is 4.90 Å². The molecule has 2 heterocycles. The molecule has 6 heteroatoms. The van der Waals surface area contributed by atoms with E-state index in [1.165, 1.54) is 12.1 Å². The van der Waals surface area contributed by atoms with Crippen molar-refractivity contribution in [3.63, 3.8) is 0 Å². The van der Waals surface area contributed by atoms with Gasteiger partial charge < -0.3 is 19.6 Å². The van der Waals surface area contributed by atoms with E-state index in [1.54, 1.807) is 18.2 Å². The zero-order chi connectivity index (χ0) is 22.7. The Morgan fingerprint density at radius 3 is 2.72 bits per heavy atom. The molecule has 0 amide bonds. The first-order valence-corrected chi connectivity index (χ1v) is 11.1. The lowest BCUT2D eigenvalue weighted by Gasteiger charge is -2.39. The standard InChI is InChI=1S/C26H29FN2O3/c1-18(2)17-32-22-15-20(27)14-21(16-22)28-12-6-10-23(26(30)31)25(28)29-13-7-11-24(29)19-8-4-3-5-9-19/h3-6,8-10,14-16,18,24H,7,11-13,17H2,1-2H3,(H,30,31). The number of carbonyl (C=O) groups is 1. The second-order valence-corrected chi connectivity index (χ2v) is 8.67. The van der Waals surface area contributed by atoms with Crippen LogP contribution in [0.2, 0.25) is 0 Å². The third-order valence-corrected chi connectivity index (χ3v) is 5.76. The fourth-order valence-corrected chi connectivity index (χ4v) is 4.38. The summed E-state index contributed by atoms with van der Waals surface area (Å²) in [5.74, 6) is -0.0439. The van der Waals surface area contributed by atoms with Gasteiger partial charge in [0, 0.05) is 30.9 Å². The number of anilines is 1. The Morgan fingerprint density at radius 2 is 2.00 bits per heavy atom. The second-order valence-electron chi connectivity index (χ2n) is 8.67. The molecular weight excluding hydrogens is 407 g/mol. The minimum atomic E-state index is -0.993. The maximum Gasteiger partial charge on any atom is 0.339 e. The fourth-order valence-electron chi connectivity index (χ4n) is 4.38. The van der Waals surface area contributed by atoms with Crippen LogP contribution in [0.5, 0.6) is 5.75 Å². The van der Waals surface area contributed by atoms with Crippen molar-refractivity contribution in [3.8, 4) is 5.75 Å². The molecular formula is C26H29FN2O3. The van der Waals surface area contributed by atoms with E-state index >= 15 is 0 Å². The smallest absolute Gasteiger partial charge is 0.339 e. The summed E-state index contributed by atoms with van der Waals surface area (Å²) in [4.78, 5) is 16.2. The molecule has 0 bridgehead atoms. The van der Waals surface area contributed by atoms with Gasteiger partial charge in [-0.25, -0.2) is 9.18 Å². The SMILES string of the molecule is CC(C)COc1cc(F)cc(N2CC=CC(C(=O)O)=C2N2CCCC2c2ccccc2)c1. The van der Waals surface area contributed by atoms with E-state index in [4.69, 9.17) is 4.74 Å². The van der Waals surface area contributed by atoms with Crippen molar-refractivity contribution in [3.05, 3.63) is 83.5 Å². The molecule has 1 N–H and O–H groups in total. The number of hydrogen-bond acceptors (Lipinski definition) is 4. The summed E-state index contributed by atoms with van der Waals surface area (Å²) < 4.78 is 20.3. The molecule has 168 valence electrons. The van der Waals surface area contributed by atoms with Gasteiger partial charge in [-0.3, -0.25) is 0 Å². The van der Waals surface area contributed by atoms with E-state index in [-0.39, 0.29) is 11.6 Å². The molecule has 2 aliphatic heterocycles. The lowest BCUT2D eigenvalue weighted by molar-refractivity contribution is -0.132. The maximum absolute atomic E-state index is 14.5. The Labute approximate surface area is 188 Å². The molecule has 0 aliphatic carbocycles. The van der Waals surface area contributed by atoms with Crippen molar-refractivity contribution in [2.75, 3.05) is 24.6 Å². The summed E-state index contributed by atoms with van der Waals surface area (Å²) in [5, 5.41) is 9.98.